The summed E-state index contributed by atoms with van der Waals surface area (Å²) in [6.07, 6.45) is -1.80. The fourth-order valence-electron chi connectivity index (χ4n) is 2.84. The number of alkyl halides is 3. The van der Waals surface area contributed by atoms with Gasteiger partial charge in [0.2, 0.25) is 0 Å². The van der Waals surface area contributed by atoms with E-state index in [1.54, 1.807) is 6.07 Å². The van der Waals surface area contributed by atoms with Crippen molar-refractivity contribution in [3.63, 3.8) is 0 Å². The number of hydrogen-bond acceptors (Lipinski definition) is 5. The minimum Gasteiger partial charge on any atom is -0.504 e. The Morgan fingerprint density at radius 2 is 1.73 bits per heavy atom. The van der Waals surface area contributed by atoms with E-state index in [-0.39, 0.29) is 27.6 Å². The van der Waals surface area contributed by atoms with E-state index in [2.05, 4.69) is 4.72 Å². The SMILES string of the molecule is COc1cc(/C=C/C(=O)c2cccc(NS(=O)(=O)c3ccc(C(F)(F)F)cc3)c2)ccc1O. The highest BCUT2D eigenvalue weighted by atomic mass is 32.2. The molecule has 0 unspecified atom stereocenters. The maximum absolute atomic E-state index is 12.7. The molecule has 6 nitrogen and oxygen atoms in total. The smallest absolute Gasteiger partial charge is 0.416 e. The van der Waals surface area contributed by atoms with Gasteiger partial charge in [0.05, 0.1) is 17.6 Å². The van der Waals surface area contributed by atoms with Crippen LogP contribution in [0.25, 0.3) is 6.08 Å². The average molecular weight is 477 g/mol. The molecule has 0 fully saturated rings. The van der Waals surface area contributed by atoms with Crippen LogP contribution in [0.15, 0.2) is 77.7 Å². The third kappa shape index (κ3) is 5.92. The predicted molar refractivity (Wildman–Crippen MR) is 117 cm³/mol. The van der Waals surface area contributed by atoms with Crippen LogP contribution < -0.4 is 9.46 Å². The van der Waals surface area contributed by atoms with E-state index in [1.807, 2.05) is 0 Å². The zero-order valence-electron chi connectivity index (χ0n) is 17.1. The van der Waals surface area contributed by atoms with Crippen LogP contribution in [0, 0.1) is 0 Å². The fourth-order valence-corrected chi connectivity index (χ4v) is 3.89. The molecule has 0 aliphatic carbocycles. The summed E-state index contributed by atoms with van der Waals surface area (Å²) in [5, 5.41) is 9.62. The molecule has 172 valence electrons. The van der Waals surface area contributed by atoms with Crippen LogP contribution in [0.5, 0.6) is 11.5 Å². The molecule has 3 rings (SSSR count). The van der Waals surface area contributed by atoms with E-state index in [1.165, 1.54) is 55.7 Å². The Bertz CT molecular complexity index is 1300. The lowest BCUT2D eigenvalue weighted by atomic mass is 10.1. The summed E-state index contributed by atoms with van der Waals surface area (Å²) in [4.78, 5) is 12.2. The second kappa shape index (κ2) is 9.37. The van der Waals surface area contributed by atoms with Crippen LogP contribution in [0.3, 0.4) is 0 Å². The number of aromatic hydroxyl groups is 1. The van der Waals surface area contributed by atoms with Gasteiger partial charge in [0, 0.05) is 11.3 Å². The van der Waals surface area contributed by atoms with Crippen molar-refractivity contribution in [2.45, 2.75) is 11.1 Å². The molecule has 0 saturated heterocycles. The summed E-state index contributed by atoms with van der Waals surface area (Å²) in [7, 11) is -2.78. The molecule has 10 heteroatoms. The molecule has 3 aromatic rings. The molecule has 0 bridgehead atoms. The van der Waals surface area contributed by atoms with Gasteiger partial charge in [-0.25, -0.2) is 8.42 Å². The van der Waals surface area contributed by atoms with E-state index in [0.717, 1.165) is 12.1 Å². The molecule has 0 heterocycles. The number of halogens is 3. The summed E-state index contributed by atoms with van der Waals surface area (Å²) >= 11 is 0. The molecule has 3 aromatic carbocycles. The zero-order chi connectivity index (χ0) is 24.2. The van der Waals surface area contributed by atoms with E-state index >= 15 is 0 Å². The molecule has 0 spiro atoms. The number of ketones is 1. The maximum Gasteiger partial charge on any atom is 0.416 e. The van der Waals surface area contributed by atoms with E-state index in [4.69, 9.17) is 4.74 Å². The Labute approximate surface area is 188 Å². The molecule has 0 aliphatic heterocycles. The van der Waals surface area contributed by atoms with Gasteiger partial charge in [0.15, 0.2) is 17.3 Å². The van der Waals surface area contributed by atoms with Crippen molar-refractivity contribution >= 4 is 27.6 Å². The van der Waals surface area contributed by atoms with Crippen molar-refractivity contribution in [2.24, 2.45) is 0 Å². The first kappa shape index (κ1) is 23.9. The number of nitrogens with one attached hydrogen (secondary N) is 1. The van der Waals surface area contributed by atoms with Crippen molar-refractivity contribution in [3.8, 4) is 11.5 Å². The molecular formula is C23H18F3NO5S. The predicted octanol–water partition coefficient (Wildman–Crippen LogP) is 5.12. The van der Waals surface area contributed by atoms with Crippen LogP contribution >= 0.6 is 0 Å². The zero-order valence-corrected chi connectivity index (χ0v) is 17.9. The van der Waals surface area contributed by atoms with Crippen molar-refractivity contribution in [2.75, 3.05) is 11.8 Å². The number of hydrogen-bond donors (Lipinski definition) is 2. The Kier molecular flexibility index (Phi) is 6.78. The molecule has 0 saturated carbocycles. The van der Waals surface area contributed by atoms with E-state index in [0.29, 0.717) is 17.7 Å². The van der Waals surface area contributed by atoms with Gasteiger partial charge in [-0.05, 0) is 60.2 Å². The summed E-state index contributed by atoms with van der Waals surface area (Å²) in [6, 6.07) is 13.3. The van der Waals surface area contributed by atoms with E-state index in [9.17, 15) is 31.5 Å². The van der Waals surface area contributed by atoms with Gasteiger partial charge in [-0.2, -0.15) is 13.2 Å². The highest BCUT2D eigenvalue weighted by Crippen LogP contribution is 2.30. The highest BCUT2D eigenvalue weighted by molar-refractivity contribution is 7.92. The van der Waals surface area contributed by atoms with E-state index < -0.39 is 27.5 Å². The summed E-state index contributed by atoms with van der Waals surface area (Å²) in [5.41, 5.74) is -0.116. The molecule has 2 N–H and O–H groups in total. The van der Waals surface area contributed by atoms with Crippen LogP contribution in [0.2, 0.25) is 0 Å². The molecular weight excluding hydrogens is 459 g/mol. The first-order valence-corrected chi connectivity index (χ1v) is 10.9. The Morgan fingerprint density at radius 3 is 2.36 bits per heavy atom. The minimum absolute atomic E-state index is 0.0472. The Balaban J connectivity index is 1.77. The topological polar surface area (TPSA) is 92.7 Å². The number of methoxy groups -OCH3 is 1. The summed E-state index contributed by atoms with van der Waals surface area (Å²) < 4.78 is 70.4. The standard InChI is InChI=1S/C23H18F3NO5S/c1-32-22-13-15(6-12-21(22)29)5-11-20(28)16-3-2-4-18(14-16)27-33(30,31)19-9-7-17(8-10-19)23(24,25)26/h2-14,27,29H,1H3/b11-5+. The molecule has 0 aromatic heterocycles. The average Bonchev–Trinajstić information content (AvgIpc) is 2.77. The van der Waals surface area contributed by atoms with Gasteiger partial charge in [0.25, 0.3) is 10.0 Å². The lowest BCUT2D eigenvalue weighted by molar-refractivity contribution is -0.137. The fraction of sp³-hybridized carbons (Fsp3) is 0.0870. The van der Waals surface area contributed by atoms with Gasteiger partial charge in [-0.1, -0.05) is 24.3 Å². The number of anilines is 1. The van der Waals surface area contributed by atoms with Crippen molar-refractivity contribution < 1.29 is 36.2 Å². The van der Waals surface area contributed by atoms with Crippen molar-refractivity contribution in [1.29, 1.82) is 0 Å². The number of sulfonamides is 1. The first-order chi connectivity index (χ1) is 15.5. The van der Waals surface area contributed by atoms with Crippen LogP contribution in [0.1, 0.15) is 21.5 Å². The van der Waals surface area contributed by atoms with Crippen molar-refractivity contribution in [3.05, 3.63) is 89.5 Å². The summed E-state index contributed by atoms with van der Waals surface area (Å²) in [5.74, 6) is -0.226. The Morgan fingerprint density at radius 1 is 1.03 bits per heavy atom. The normalized spacial score (nSPS) is 12.0. The van der Waals surface area contributed by atoms with Gasteiger partial charge < -0.3 is 9.84 Å². The number of phenolic OH excluding ortho intramolecular Hbond substituents is 1. The van der Waals surface area contributed by atoms with Crippen molar-refractivity contribution in [1.82, 2.24) is 0 Å². The second-order valence-electron chi connectivity index (χ2n) is 6.84. The maximum atomic E-state index is 12.7. The van der Waals surface area contributed by atoms with Crippen LogP contribution in [-0.4, -0.2) is 26.4 Å². The highest BCUT2D eigenvalue weighted by Gasteiger charge is 2.30. The largest absolute Gasteiger partial charge is 0.504 e. The van der Waals surface area contributed by atoms with Gasteiger partial charge in [0.1, 0.15) is 0 Å². The third-order valence-corrected chi connectivity index (χ3v) is 5.92. The first-order valence-electron chi connectivity index (χ1n) is 9.39. The van der Waals surface area contributed by atoms with Gasteiger partial charge in [-0.15, -0.1) is 0 Å². The molecule has 0 amide bonds. The second-order valence-corrected chi connectivity index (χ2v) is 8.52. The van der Waals surface area contributed by atoms with Gasteiger partial charge in [-0.3, -0.25) is 9.52 Å². The summed E-state index contributed by atoms with van der Waals surface area (Å²) in [6.45, 7) is 0. The third-order valence-electron chi connectivity index (χ3n) is 4.52. The minimum atomic E-state index is -4.58. The quantitative estimate of drug-likeness (QED) is 0.364. The van der Waals surface area contributed by atoms with Gasteiger partial charge >= 0.3 is 6.18 Å². The molecule has 0 aliphatic rings. The van der Waals surface area contributed by atoms with Crippen LogP contribution in [-0.2, 0) is 16.2 Å². The lowest BCUT2D eigenvalue weighted by Crippen LogP contribution is -2.14. The number of allylic oxidation sites excluding steroid dienone is 1. The number of carbonyl (C=O) groups is 1. The number of carbonyl (C=O) groups excluding carboxylic acids is 1. The molecule has 33 heavy (non-hydrogen) atoms. The monoisotopic (exact) mass is 477 g/mol. The Hall–Kier alpha value is -3.79. The molecule has 0 atom stereocenters. The number of ether oxygens (including phenoxy) is 1. The number of phenols is 1. The van der Waals surface area contributed by atoms with Crippen LogP contribution in [0.4, 0.5) is 18.9 Å². The number of benzene rings is 3. The number of rotatable bonds is 7. The molecule has 0 radical (unpaired) electrons. The lowest BCUT2D eigenvalue weighted by Gasteiger charge is -2.11.